The van der Waals surface area contributed by atoms with E-state index < -0.39 is 12.0 Å². The molecule has 53 valence electrons. The van der Waals surface area contributed by atoms with Gasteiger partial charge in [0.25, 0.3) is 0 Å². The molecule has 0 saturated heterocycles. The van der Waals surface area contributed by atoms with Crippen molar-refractivity contribution in [3.63, 3.8) is 0 Å². The maximum absolute atomic E-state index is 10.2. The van der Waals surface area contributed by atoms with E-state index in [9.17, 15) is 4.79 Å². The number of aliphatic hydroxyl groups is 1. The summed E-state index contributed by atoms with van der Waals surface area (Å²) in [4.78, 5) is 10.2. The molecule has 0 aromatic heterocycles. The lowest BCUT2D eigenvalue weighted by molar-refractivity contribution is -0.126. The normalized spacial score (nSPS) is 13.8. The van der Waals surface area contributed by atoms with Gasteiger partial charge >= 0.3 is 0 Å². The first kappa shape index (κ1) is 8.43. The maximum Gasteiger partial charge on any atom is 0.246 e. The number of nitrogens with two attached hydrogens (primary N) is 1. The predicted octanol–water partition coefficient (Wildman–Crippen LogP) is -0.163. The molecule has 0 fully saturated rings. The standard InChI is InChI=1S/C6H12NO2/c1-4(2)3-5(8)6(7)9/h5,8H,3H2,1-2H3,(H2,7,9). The van der Waals surface area contributed by atoms with Gasteiger partial charge in [-0.05, 0) is 12.3 Å². The molecule has 9 heavy (non-hydrogen) atoms. The van der Waals surface area contributed by atoms with Crippen molar-refractivity contribution in [3.8, 4) is 0 Å². The molecule has 0 aromatic rings. The van der Waals surface area contributed by atoms with Crippen LogP contribution in [-0.2, 0) is 4.79 Å². The fraction of sp³-hybridized carbons (Fsp3) is 0.667. The number of carbonyl (C=O) groups excluding carboxylic acids is 1. The highest BCUT2D eigenvalue weighted by molar-refractivity contribution is 5.78. The minimum atomic E-state index is -1.00. The third-order valence-corrected chi connectivity index (χ3v) is 0.930. The quantitative estimate of drug-likeness (QED) is 0.557. The lowest BCUT2D eigenvalue weighted by Crippen LogP contribution is -2.28. The van der Waals surface area contributed by atoms with Crippen LogP contribution in [0.5, 0.6) is 0 Å². The zero-order valence-electron chi connectivity index (χ0n) is 5.72. The van der Waals surface area contributed by atoms with Crippen molar-refractivity contribution in [3.05, 3.63) is 5.92 Å². The summed E-state index contributed by atoms with van der Waals surface area (Å²) in [6, 6.07) is 0. The average Bonchev–Trinajstić information content (AvgIpc) is 1.63. The lowest BCUT2D eigenvalue weighted by atomic mass is 10.1. The van der Waals surface area contributed by atoms with Gasteiger partial charge in [0.2, 0.25) is 5.91 Å². The summed E-state index contributed by atoms with van der Waals surface area (Å²) in [7, 11) is 0. The summed E-state index contributed by atoms with van der Waals surface area (Å²) in [6.07, 6.45) is -0.634. The summed E-state index contributed by atoms with van der Waals surface area (Å²) >= 11 is 0. The van der Waals surface area contributed by atoms with Crippen LogP contribution in [0.2, 0.25) is 0 Å². The fourth-order valence-corrected chi connectivity index (χ4v) is 0.487. The van der Waals surface area contributed by atoms with Gasteiger partial charge in [0.05, 0.1) is 0 Å². The van der Waals surface area contributed by atoms with Gasteiger partial charge in [-0.25, -0.2) is 0 Å². The summed E-state index contributed by atoms with van der Waals surface area (Å²) in [5.74, 6) is 0.345. The Labute approximate surface area is 54.9 Å². The zero-order valence-corrected chi connectivity index (χ0v) is 5.72. The molecule has 0 rings (SSSR count). The first-order valence-corrected chi connectivity index (χ1v) is 2.80. The molecule has 0 aromatic carbocycles. The number of amides is 1. The Bertz CT molecular complexity index is 101. The van der Waals surface area contributed by atoms with Gasteiger partial charge in [0.1, 0.15) is 6.10 Å². The summed E-state index contributed by atoms with van der Waals surface area (Å²) in [5, 5.41) is 8.80. The van der Waals surface area contributed by atoms with Crippen LogP contribution in [0.25, 0.3) is 0 Å². The molecule has 0 bridgehead atoms. The molecule has 0 aliphatic rings. The van der Waals surface area contributed by atoms with Crippen LogP contribution in [0.4, 0.5) is 0 Å². The van der Waals surface area contributed by atoms with Crippen LogP contribution in [-0.4, -0.2) is 17.1 Å². The number of rotatable bonds is 3. The molecule has 3 heteroatoms. The Morgan fingerprint density at radius 1 is 1.67 bits per heavy atom. The molecule has 1 amide bonds. The minimum Gasteiger partial charge on any atom is -0.383 e. The van der Waals surface area contributed by atoms with E-state index in [0.29, 0.717) is 6.42 Å². The molecule has 0 spiro atoms. The van der Waals surface area contributed by atoms with Crippen molar-refractivity contribution >= 4 is 5.91 Å². The molecule has 0 heterocycles. The van der Waals surface area contributed by atoms with Gasteiger partial charge in [0.15, 0.2) is 0 Å². The Balaban J connectivity index is 3.50. The molecule has 1 radical (unpaired) electrons. The second-order valence-electron chi connectivity index (χ2n) is 2.33. The van der Waals surface area contributed by atoms with E-state index in [-0.39, 0.29) is 0 Å². The summed E-state index contributed by atoms with van der Waals surface area (Å²) < 4.78 is 0. The molecule has 1 unspecified atom stereocenters. The van der Waals surface area contributed by atoms with E-state index in [0.717, 1.165) is 5.92 Å². The van der Waals surface area contributed by atoms with E-state index in [4.69, 9.17) is 10.8 Å². The zero-order chi connectivity index (χ0) is 7.44. The Hall–Kier alpha value is -0.570. The van der Waals surface area contributed by atoms with Crippen molar-refractivity contribution in [1.29, 1.82) is 0 Å². The summed E-state index contributed by atoms with van der Waals surface area (Å²) in [6.45, 7) is 3.68. The Morgan fingerprint density at radius 3 is 2.22 bits per heavy atom. The number of aliphatic hydroxyl groups excluding tert-OH is 1. The largest absolute Gasteiger partial charge is 0.383 e. The number of primary amides is 1. The van der Waals surface area contributed by atoms with E-state index in [1.54, 1.807) is 0 Å². The smallest absolute Gasteiger partial charge is 0.246 e. The molecule has 1 atom stereocenters. The van der Waals surface area contributed by atoms with E-state index >= 15 is 0 Å². The monoisotopic (exact) mass is 130 g/mol. The molecule has 3 nitrogen and oxygen atoms in total. The van der Waals surface area contributed by atoms with Crippen LogP contribution >= 0.6 is 0 Å². The average molecular weight is 130 g/mol. The fourth-order valence-electron chi connectivity index (χ4n) is 0.487. The molecule has 0 aliphatic heterocycles. The van der Waals surface area contributed by atoms with Crippen molar-refractivity contribution < 1.29 is 9.90 Å². The molecule has 0 aliphatic carbocycles. The van der Waals surface area contributed by atoms with Gasteiger partial charge < -0.3 is 10.8 Å². The van der Waals surface area contributed by atoms with E-state index in [2.05, 4.69) is 0 Å². The number of hydrogen-bond acceptors (Lipinski definition) is 2. The van der Waals surface area contributed by atoms with Gasteiger partial charge in [-0.2, -0.15) is 0 Å². The van der Waals surface area contributed by atoms with Gasteiger partial charge in [-0.1, -0.05) is 13.8 Å². The van der Waals surface area contributed by atoms with Crippen LogP contribution in [0.15, 0.2) is 0 Å². The predicted molar refractivity (Wildman–Crippen MR) is 34.4 cm³/mol. The third kappa shape index (κ3) is 3.97. The van der Waals surface area contributed by atoms with E-state index in [1.165, 1.54) is 0 Å². The lowest BCUT2D eigenvalue weighted by Gasteiger charge is -2.07. The molecule has 0 saturated carbocycles. The first-order valence-electron chi connectivity index (χ1n) is 2.80. The maximum atomic E-state index is 10.2. The number of hydrogen-bond donors (Lipinski definition) is 2. The highest BCUT2D eigenvalue weighted by Crippen LogP contribution is 2.05. The number of carbonyl (C=O) groups is 1. The summed E-state index contributed by atoms with van der Waals surface area (Å²) in [5.41, 5.74) is 4.78. The Morgan fingerprint density at radius 2 is 2.11 bits per heavy atom. The third-order valence-electron chi connectivity index (χ3n) is 0.930. The molecular formula is C6H12NO2. The highest BCUT2D eigenvalue weighted by Gasteiger charge is 2.11. The van der Waals surface area contributed by atoms with Crippen LogP contribution in [0.1, 0.15) is 20.3 Å². The minimum absolute atomic E-state index is 0.370. The van der Waals surface area contributed by atoms with Crippen LogP contribution in [0.3, 0.4) is 0 Å². The SMILES string of the molecule is C[C](C)CC(O)C(N)=O. The van der Waals surface area contributed by atoms with Gasteiger partial charge in [-0.3, -0.25) is 4.79 Å². The van der Waals surface area contributed by atoms with E-state index in [1.807, 2.05) is 13.8 Å². The van der Waals surface area contributed by atoms with Crippen molar-refractivity contribution in [1.82, 2.24) is 0 Å². The van der Waals surface area contributed by atoms with Crippen molar-refractivity contribution in [2.75, 3.05) is 0 Å². The second kappa shape index (κ2) is 3.45. The van der Waals surface area contributed by atoms with Crippen LogP contribution in [0, 0.1) is 5.92 Å². The second-order valence-corrected chi connectivity index (χ2v) is 2.33. The molecule has 3 N–H and O–H groups in total. The van der Waals surface area contributed by atoms with Crippen molar-refractivity contribution in [2.45, 2.75) is 26.4 Å². The molecular weight excluding hydrogens is 118 g/mol. The van der Waals surface area contributed by atoms with Crippen molar-refractivity contribution in [2.24, 2.45) is 5.73 Å². The topological polar surface area (TPSA) is 63.3 Å². The van der Waals surface area contributed by atoms with Gasteiger partial charge in [-0.15, -0.1) is 0 Å². The Kier molecular flexibility index (Phi) is 3.24. The highest BCUT2D eigenvalue weighted by atomic mass is 16.3. The van der Waals surface area contributed by atoms with Crippen LogP contribution < -0.4 is 5.73 Å². The van der Waals surface area contributed by atoms with Gasteiger partial charge in [0, 0.05) is 0 Å². The first-order chi connectivity index (χ1) is 4.04.